The van der Waals surface area contributed by atoms with Crippen molar-refractivity contribution in [1.82, 2.24) is 19.7 Å². The number of aryl methyl sites for hydroxylation is 2. The summed E-state index contributed by atoms with van der Waals surface area (Å²) >= 11 is 0. The van der Waals surface area contributed by atoms with E-state index in [4.69, 9.17) is 14.0 Å². The van der Waals surface area contributed by atoms with E-state index in [9.17, 15) is 13.2 Å². The van der Waals surface area contributed by atoms with Crippen LogP contribution >= 0.6 is 0 Å². The van der Waals surface area contributed by atoms with Crippen molar-refractivity contribution < 1.29 is 27.2 Å². The molecule has 0 spiro atoms. The van der Waals surface area contributed by atoms with Crippen LogP contribution in [-0.4, -0.2) is 67.7 Å². The van der Waals surface area contributed by atoms with Gasteiger partial charge in [-0.3, -0.25) is 9.69 Å². The van der Waals surface area contributed by atoms with E-state index >= 15 is 0 Å². The van der Waals surface area contributed by atoms with Gasteiger partial charge in [0, 0.05) is 32.7 Å². The Hall–Kier alpha value is -2.63. The third-order valence-corrected chi connectivity index (χ3v) is 7.81. The Morgan fingerprint density at radius 1 is 1.16 bits per heavy atom. The van der Waals surface area contributed by atoms with Crippen LogP contribution in [-0.2, 0) is 21.4 Å². The number of aromatic nitrogens is 1. The number of sulfonamides is 1. The number of piperazine rings is 1. The smallest absolute Gasteiger partial charge is 0.248 e. The maximum Gasteiger partial charge on any atom is 0.248 e. The third kappa shape index (κ3) is 4.25. The van der Waals surface area contributed by atoms with Crippen molar-refractivity contribution in [2.24, 2.45) is 0 Å². The van der Waals surface area contributed by atoms with E-state index in [1.54, 1.807) is 13.8 Å². The molecule has 1 atom stereocenters. The van der Waals surface area contributed by atoms with Gasteiger partial charge in [-0.15, -0.1) is 0 Å². The lowest BCUT2D eigenvalue weighted by Gasteiger charge is -2.36. The molecule has 1 aromatic carbocycles. The Bertz CT molecular complexity index is 1060. The van der Waals surface area contributed by atoms with Gasteiger partial charge < -0.3 is 19.3 Å². The zero-order valence-corrected chi connectivity index (χ0v) is 18.6. The van der Waals surface area contributed by atoms with Crippen LogP contribution < -0.4 is 14.8 Å². The lowest BCUT2D eigenvalue weighted by molar-refractivity contribution is -0.126. The van der Waals surface area contributed by atoms with E-state index in [1.807, 2.05) is 30.0 Å². The summed E-state index contributed by atoms with van der Waals surface area (Å²) in [7, 11) is -3.67. The zero-order chi connectivity index (χ0) is 22.2. The number of benzene rings is 1. The molecule has 2 aliphatic rings. The first-order valence-electron chi connectivity index (χ1n) is 10.1. The topological polar surface area (TPSA) is 114 Å². The van der Waals surface area contributed by atoms with Gasteiger partial charge in [0.2, 0.25) is 22.7 Å². The molecule has 1 aromatic heterocycles. The number of ether oxygens (including phenoxy) is 2. The van der Waals surface area contributed by atoms with Crippen molar-refractivity contribution in [3.05, 3.63) is 35.2 Å². The number of fused-ring (bicyclic) bond motifs is 1. The van der Waals surface area contributed by atoms with Crippen LogP contribution in [0, 0.1) is 13.8 Å². The summed E-state index contributed by atoms with van der Waals surface area (Å²) in [4.78, 5) is 14.8. The number of hydrogen-bond donors (Lipinski definition) is 1. The van der Waals surface area contributed by atoms with Crippen molar-refractivity contribution in [3.63, 3.8) is 0 Å². The SMILES string of the molecule is Cc1noc(C)c1S(=O)(=O)N1CCN([C@@H](C)C(=O)NCc2ccc3c(c2)OCO3)CC1. The number of rotatable bonds is 6. The Labute approximate surface area is 181 Å². The number of carbonyl (C=O) groups excluding carboxylic acids is 1. The zero-order valence-electron chi connectivity index (χ0n) is 17.8. The fraction of sp³-hybridized carbons (Fsp3) is 0.500. The van der Waals surface area contributed by atoms with Gasteiger partial charge in [-0.25, -0.2) is 8.42 Å². The Morgan fingerprint density at radius 3 is 2.55 bits per heavy atom. The first kappa shape index (κ1) is 21.6. The molecule has 168 valence electrons. The summed E-state index contributed by atoms with van der Waals surface area (Å²) in [6.45, 7) is 7.14. The molecular weight excluding hydrogens is 424 g/mol. The van der Waals surface area contributed by atoms with Crippen molar-refractivity contribution in [1.29, 1.82) is 0 Å². The van der Waals surface area contributed by atoms with Gasteiger partial charge >= 0.3 is 0 Å². The molecule has 1 amide bonds. The average Bonchev–Trinajstić information content (AvgIpc) is 3.37. The molecule has 3 heterocycles. The molecule has 1 N–H and O–H groups in total. The largest absolute Gasteiger partial charge is 0.454 e. The second-order valence-corrected chi connectivity index (χ2v) is 9.55. The molecule has 1 saturated heterocycles. The highest BCUT2D eigenvalue weighted by Crippen LogP contribution is 2.32. The molecule has 4 rings (SSSR count). The van der Waals surface area contributed by atoms with Gasteiger partial charge in [0.15, 0.2) is 17.3 Å². The molecule has 0 aliphatic carbocycles. The fourth-order valence-corrected chi connectivity index (χ4v) is 5.57. The molecule has 11 heteroatoms. The minimum atomic E-state index is -3.67. The van der Waals surface area contributed by atoms with E-state index < -0.39 is 10.0 Å². The predicted octanol–water partition coefficient (Wildman–Crippen LogP) is 1.03. The molecule has 31 heavy (non-hydrogen) atoms. The van der Waals surface area contributed by atoms with Crippen LogP contribution in [0.4, 0.5) is 0 Å². The summed E-state index contributed by atoms with van der Waals surface area (Å²) in [6, 6.07) is 5.19. The van der Waals surface area contributed by atoms with E-state index in [0.29, 0.717) is 49.9 Å². The standard InChI is InChI=1S/C20H26N4O6S/c1-13-19(15(3)30-22-13)31(26,27)24-8-6-23(7-9-24)14(2)20(25)21-11-16-4-5-17-18(10-16)29-12-28-17/h4-5,10,14H,6-9,11-12H2,1-3H3,(H,21,25)/t14-/m0/s1. The molecule has 10 nitrogen and oxygen atoms in total. The van der Waals surface area contributed by atoms with Gasteiger partial charge in [0.05, 0.1) is 6.04 Å². The molecular formula is C20H26N4O6S. The lowest BCUT2D eigenvalue weighted by atomic mass is 10.2. The Balaban J connectivity index is 1.31. The van der Waals surface area contributed by atoms with Crippen molar-refractivity contribution in [3.8, 4) is 11.5 Å². The summed E-state index contributed by atoms with van der Waals surface area (Å²) in [5.41, 5.74) is 1.27. The highest BCUT2D eigenvalue weighted by atomic mass is 32.2. The second kappa shape index (κ2) is 8.48. The first-order valence-corrected chi connectivity index (χ1v) is 11.5. The molecule has 1 fully saturated rings. The number of carbonyl (C=O) groups is 1. The maximum absolute atomic E-state index is 12.9. The summed E-state index contributed by atoms with van der Waals surface area (Å²) in [6.07, 6.45) is 0. The van der Waals surface area contributed by atoms with Gasteiger partial charge in [-0.1, -0.05) is 11.2 Å². The van der Waals surface area contributed by atoms with Crippen LogP contribution in [0.3, 0.4) is 0 Å². The van der Waals surface area contributed by atoms with Crippen LogP contribution in [0.1, 0.15) is 23.9 Å². The van der Waals surface area contributed by atoms with Crippen molar-refractivity contribution in [2.45, 2.75) is 38.3 Å². The predicted molar refractivity (Wildman–Crippen MR) is 110 cm³/mol. The number of nitrogens with one attached hydrogen (secondary N) is 1. The summed E-state index contributed by atoms with van der Waals surface area (Å²) < 4.78 is 43.0. The lowest BCUT2D eigenvalue weighted by Crippen LogP contribution is -2.54. The monoisotopic (exact) mass is 450 g/mol. The fourth-order valence-electron chi connectivity index (χ4n) is 3.86. The van der Waals surface area contributed by atoms with Gasteiger partial charge in [-0.2, -0.15) is 4.31 Å². The third-order valence-electron chi connectivity index (χ3n) is 5.67. The van der Waals surface area contributed by atoms with E-state index in [1.165, 1.54) is 4.31 Å². The van der Waals surface area contributed by atoms with Crippen LogP contribution in [0.2, 0.25) is 0 Å². The van der Waals surface area contributed by atoms with E-state index in [2.05, 4.69) is 10.5 Å². The quantitative estimate of drug-likeness (QED) is 0.694. The Kier molecular flexibility index (Phi) is 5.91. The summed E-state index contributed by atoms with van der Waals surface area (Å²) in [5, 5.41) is 6.69. The first-order chi connectivity index (χ1) is 14.8. The van der Waals surface area contributed by atoms with Crippen LogP contribution in [0.15, 0.2) is 27.6 Å². The van der Waals surface area contributed by atoms with Gasteiger partial charge in [0.25, 0.3) is 0 Å². The maximum atomic E-state index is 12.9. The van der Waals surface area contributed by atoms with E-state index in [0.717, 1.165) is 5.56 Å². The average molecular weight is 451 g/mol. The number of hydrogen-bond acceptors (Lipinski definition) is 8. The molecule has 2 aliphatic heterocycles. The van der Waals surface area contributed by atoms with Crippen LogP contribution in [0.25, 0.3) is 0 Å². The highest BCUT2D eigenvalue weighted by Gasteiger charge is 2.35. The number of amides is 1. The van der Waals surface area contributed by atoms with Gasteiger partial charge in [-0.05, 0) is 38.5 Å². The van der Waals surface area contributed by atoms with Crippen molar-refractivity contribution in [2.75, 3.05) is 33.0 Å². The van der Waals surface area contributed by atoms with Gasteiger partial charge in [0.1, 0.15) is 10.6 Å². The second-order valence-electron chi connectivity index (χ2n) is 7.67. The van der Waals surface area contributed by atoms with Crippen molar-refractivity contribution >= 4 is 15.9 Å². The molecule has 0 saturated carbocycles. The Morgan fingerprint density at radius 2 is 1.87 bits per heavy atom. The molecule has 0 bridgehead atoms. The molecule has 0 radical (unpaired) electrons. The minimum Gasteiger partial charge on any atom is -0.454 e. The van der Waals surface area contributed by atoms with E-state index in [-0.39, 0.29) is 29.4 Å². The minimum absolute atomic E-state index is 0.111. The number of nitrogens with zero attached hydrogens (tertiary/aromatic N) is 3. The molecule has 2 aromatic rings. The molecule has 0 unspecified atom stereocenters. The highest BCUT2D eigenvalue weighted by molar-refractivity contribution is 7.89. The van der Waals surface area contributed by atoms with Crippen LogP contribution in [0.5, 0.6) is 11.5 Å². The normalized spacial score (nSPS) is 18.2. The summed E-state index contributed by atoms with van der Waals surface area (Å²) in [5.74, 6) is 1.55.